The summed E-state index contributed by atoms with van der Waals surface area (Å²) in [4.78, 5) is 0. The molecule has 0 bridgehead atoms. The molecule has 2 N–H and O–H groups in total. The summed E-state index contributed by atoms with van der Waals surface area (Å²) in [6.45, 7) is 3.87. The van der Waals surface area contributed by atoms with Crippen LogP contribution >= 0.6 is 0 Å². The Bertz CT molecular complexity index is 314. The van der Waals surface area contributed by atoms with Gasteiger partial charge < -0.3 is 5.73 Å². The van der Waals surface area contributed by atoms with Gasteiger partial charge in [0.05, 0.1) is 0 Å². The number of nitrogens with two attached hydrogens (primary N) is 1. The SMILES string of the molecule is CC1CCC(c2nnnn2CCCN)CC1. The van der Waals surface area contributed by atoms with E-state index in [0.717, 1.165) is 24.7 Å². The van der Waals surface area contributed by atoms with Gasteiger partial charge >= 0.3 is 0 Å². The van der Waals surface area contributed by atoms with E-state index >= 15 is 0 Å². The van der Waals surface area contributed by atoms with E-state index in [-0.39, 0.29) is 0 Å². The van der Waals surface area contributed by atoms with E-state index in [0.29, 0.717) is 12.5 Å². The molecule has 1 aliphatic carbocycles. The number of hydrogen-bond donors (Lipinski definition) is 1. The van der Waals surface area contributed by atoms with E-state index in [1.54, 1.807) is 0 Å². The van der Waals surface area contributed by atoms with Crippen molar-refractivity contribution in [2.45, 2.75) is 51.5 Å². The molecule has 1 heterocycles. The number of aromatic nitrogens is 4. The summed E-state index contributed by atoms with van der Waals surface area (Å²) in [5, 5.41) is 12.0. The van der Waals surface area contributed by atoms with Gasteiger partial charge in [0, 0.05) is 12.5 Å². The molecule has 90 valence electrons. The zero-order valence-electron chi connectivity index (χ0n) is 9.97. The number of hydrogen-bond acceptors (Lipinski definition) is 4. The van der Waals surface area contributed by atoms with Crippen molar-refractivity contribution in [2.24, 2.45) is 11.7 Å². The van der Waals surface area contributed by atoms with Gasteiger partial charge in [0.15, 0.2) is 5.82 Å². The minimum absolute atomic E-state index is 0.559. The lowest BCUT2D eigenvalue weighted by Crippen LogP contribution is -2.17. The minimum atomic E-state index is 0.559. The second-order valence-electron chi connectivity index (χ2n) is 4.86. The average molecular weight is 223 g/mol. The maximum absolute atomic E-state index is 5.51. The van der Waals surface area contributed by atoms with Gasteiger partial charge in [-0.15, -0.1) is 5.10 Å². The summed E-state index contributed by atoms with van der Waals surface area (Å²) in [5.74, 6) is 2.49. The summed E-state index contributed by atoms with van der Waals surface area (Å²) in [6.07, 6.45) is 6.00. The van der Waals surface area contributed by atoms with Crippen molar-refractivity contribution in [1.29, 1.82) is 0 Å². The summed E-state index contributed by atoms with van der Waals surface area (Å²) < 4.78 is 1.94. The first-order valence-electron chi connectivity index (χ1n) is 6.27. The molecule has 0 atom stereocenters. The first-order valence-corrected chi connectivity index (χ1v) is 6.27. The monoisotopic (exact) mass is 223 g/mol. The van der Waals surface area contributed by atoms with Crippen molar-refractivity contribution in [3.8, 4) is 0 Å². The maximum Gasteiger partial charge on any atom is 0.154 e. The molecule has 16 heavy (non-hydrogen) atoms. The standard InChI is InChI=1S/C11H21N5/c1-9-3-5-10(6-4-9)11-13-14-15-16(11)8-2-7-12/h9-10H,2-8,12H2,1H3. The van der Waals surface area contributed by atoms with Crippen molar-refractivity contribution in [3.63, 3.8) is 0 Å². The summed E-state index contributed by atoms with van der Waals surface area (Å²) in [5.41, 5.74) is 5.51. The Kier molecular flexibility index (Phi) is 3.88. The van der Waals surface area contributed by atoms with Crippen LogP contribution in [0.15, 0.2) is 0 Å². The Morgan fingerprint density at radius 3 is 2.75 bits per heavy atom. The molecule has 5 heteroatoms. The van der Waals surface area contributed by atoms with E-state index in [4.69, 9.17) is 5.73 Å². The zero-order chi connectivity index (χ0) is 11.4. The Labute approximate surface area is 96.4 Å². The molecule has 2 rings (SSSR count). The lowest BCUT2D eigenvalue weighted by atomic mass is 9.82. The van der Waals surface area contributed by atoms with Crippen LogP contribution in [0.4, 0.5) is 0 Å². The third-order valence-electron chi connectivity index (χ3n) is 3.51. The van der Waals surface area contributed by atoms with E-state index in [9.17, 15) is 0 Å². The molecule has 0 amide bonds. The van der Waals surface area contributed by atoms with E-state index < -0.39 is 0 Å². The van der Waals surface area contributed by atoms with Crippen molar-refractivity contribution >= 4 is 0 Å². The van der Waals surface area contributed by atoms with Gasteiger partial charge in [0.25, 0.3) is 0 Å². The normalized spacial score (nSPS) is 25.9. The first kappa shape index (κ1) is 11.5. The largest absolute Gasteiger partial charge is 0.330 e. The molecular formula is C11H21N5. The summed E-state index contributed by atoms with van der Waals surface area (Å²) in [6, 6.07) is 0. The highest BCUT2D eigenvalue weighted by Crippen LogP contribution is 2.34. The Balaban J connectivity index is 1.99. The quantitative estimate of drug-likeness (QED) is 0.835. The van der Waals surface area contributed by atoms with Crippen LogP contribution < -0.4 is 5.73 Å². The van der Waals surface area contributed by atoms with E-state index in [1.807, 2.05) is 4.68 Å². The molecule has 1 fully saturated rings. The molecule has 5 nitrogen and oxygen atoms in total. The van der Waals surface area contributed by atoms with E-state index in [2.05, 4.69) is 22.4 Å². The molecule has 0 spiro atoms. The number of aryl methyl sites for hydroxylation is 1. The van der Waals surface area contributed by atoms with Gasteiger partial charge in [-0.2, -0.15) is 0 Å². The Morgan fingerprint density at radius 2 is 2.06 bits per heavy atom. The van der Waals surface area contributed by atoms with Crippen LogP contribution in [0.2, 0.25) is 0 Å². The predicted octanol–water partition coefficient (Wildman–Crippen LogP) is 1.32. The van der Waals surface area contributed by atoms with Crippen molar-refractivity contribution in [1.82, 2.24) is 20.2 Å². The van der Waals surface area contributed by atoms with Gasteiger partial charge in [-0.05, 0) is 42.2 Å². The Hall–Kier alpha value is -0.970. The zero-order valence-corrected chi connectivity index (χ0v) is 9.97. The Morgan fingerprint density at radius 1 is 1.31 bits per heavy atom. The lowest BCUT2D eigenvalue weighted by molar-refractivity contribution is 0.330. The average Bonchev–Trinajstić information content (AvgIpc) is 2.75. The summed E-state index contributed by atoms with van der Waals surface area (Å²) >= 11 is 0. The van der Waals surface area contributed by atoms with Crippen molar-refractivity contribution in [2.75, 3.05) is 6.54 Å². The number of tetrazole rings is 1. The molecule has 1 saturated carbocycles. The van der Waals surface area contributed by atoms with Gasteiger partial charge in [-0.3, -0.25) is 0 Å². The molecule has 1 aromatic heterocycles. The fourth-order valence-corrected chi connectivity index (χ4v) is 2.42. The highest BCUT2D eigenvalue weighted by atomic mass is 15.5. The highest BCUT2D eigenvalue weighted by molar-refractivity contribution is 4.95. The first-order chi connectivity index (χ1) is 7.81. The second-order valence-corrected chi connectivity index (χ2v) is 4.86. The van der Waals surface area contributed by atoms with Crippen LogP contribution in [0.1, 0.15) is 50.8 Å². The summed E-state index contributed by atoms with van der Waals surface area (Å²) in [7, 11) is 0. The lowest BCUT2D eigenvalue weighted by Gasteiger charge is -2.25. The number of rotatable bonds is 4. The van der Waals surface area contributed by atoms with Crippen LogP contribution in [-0.4, -0.2) is 26.8 Å². The van der Waals surface area contributed by atoms with Crippen molar-refractivity contribution < 1.29 is 0 Å². The second kappa shape index (κ2) is 5.39. The van der Waals surface area contributed by atoms with E-state index in [1.165, 1.54) is 25.7 Å². The molecule has 0 unspecified atom stereocenters. The topological polar surface area (TPSA) is 69.6 Å². The van der Waals surface area contributed by atoms with Gasteiger partial charge in [-0.25, -0.2) is 4.68 Å². The number of nitrogens with zero attached hydrogens (tertiary/aromatic N) is 4. The van der Waals surface area contributed by atoms with Crippen molar-refractivity contribution in [3.05, 3.63) is 5.82 Å². The van der Waals surface area contributed by atoms with Crippen LogP contribution in [0.5, 0.6) is 0 Å². The van der Waals surface area contributed by atoms with Crippen LogP contribution in [0, 0.1) is 5.92 Å². The fraction of sp³-hybridized carbons (Fsp3) is 0.909. The molecule has 0 aromatic carbocycles. The third-order valence-corrected chi connectivity index (χ3v) is 3.51. The fourth-order valence-electron chi connectivity index (χ4n) is 2.42. The van der Waals surface area contributed by atoms with Gasteiger partial charge in [-0.1, -0.05) is 19.8 Å². The highest BCUT2D eigenvalue weighted by Gasteiger charge is 2.24. The molecule has 1 aliphatic rings. The third kappa shape index (κ3) is 2.58. The minimum Gasteiger partial charge on any atom is -0.330 e. The maximum atomic E-state index is 5.51. The smallest absolute Gasteiger partial charge is 0.154 e. The molecule has 1 aromatic rings. The van der Waals surface area contributed by atoms with Crippen LogP contribution in [0.25, 0.3) is 0 Å². The van der Waals surface area contributed by atoms with Crippen LogP contribution in [-0.2, 0) is 6.54 Å². The molecular weight excluding hydrogens is 202 g/mol. The molecule has 0 saturated heterocycles. The molecule has 0 radical (unpaired) electrons. The predicted molar refractivity (Wildman–Crippen MR) is 61.9 cm³/mol. The molecule has 0 aliphatic heterocycles. The van der Waals surface area contributed by atoms with Gasteiger partial charge in [0.2, 0.25) is 0 Å². The van der Waals surface area contributed by atoms with Gasteiger partial charge in [0.1, 0.15) is 0 Å². The van der Waals surface area contributed by atoms with Crippen LogP contribution in [0.3, 0.4) is 0 Å².